The molecule has 7 heteroatoms. The maximum atomic E-state index is 11.5. The number of nitrogens with one attached hydrogen (secondary N) is 2. The van der Waals surface area contributed by atoms with Crippen molar-refractivity contribution in [3.05, 3.63) is 35.9 Å². The monoisotopic (exact) mass is 341 g/mol. The van der Waals surface area contributed by atoms with Gasteiger partial charge in [0.1, 0.15) is 0 Å². The van der Waals surface area contributed by atoms with E-state index in [1.807, 2.05) is 37.3 Å². The molecular formula is C16H27N3O3S. The van der Waals surface area contributed by atoms with Crippen molar-refractivity contribution in [3.63, 3.8) is 0 Å². The van der Waals surface area contributed by atoms with Crippen LogP contribution in [0.4, 0.5) is 0 Å². The molecule has 0 amide bonds. The summed E-state index contributed by atoms with van der Waals surface area (Å²) in [6.07, 6.45) is -0.0447. The summed E-state index contributed by atoms with van der Waals surface area (Å²) in [5.41, 5.74) is 0.870. The molecule has 1 atom stereocenters. The van der Waals surface area contributed by atoms with Gasteiger partial charge in [-0.2, -0.15) is 0 Å². The van der Waals surface area contributed by atoms with Gasteiger partial charge in [0.15, 0.2) is 15.8 Å². The third kappa shape index (κ3) is 7.99. The number of hydrogen-bond donors (Lipinski definition) is 3. The fourth-order valence-corrected chi connectivity index (χ4v) is 2.65. The molecular weight excluding hydrogens is 314 g/mol. The Morgan fingerprint density at radius 2 is 1.91 bits per heavy atom. The van der Waals surface area contributed by atoms with E-state index in [-0.39, 0.29) is 11.5 Å². The van der Waals surface area contributed by atoms with Crippen LogP contribution < -0.4 is 10.6 Å². The van der Waals surface area contributed by atoms with Crippen LogP contribution in [0, 0.1) is 0 Å². The highest BCUT2D eigenvalue weighted by Gasteiger charge is 2.08. The lowest BCUT2D eigenvalue weighted by atomic mass is 10.1. The van der Waals surface area contributed by atoms with Crippen molar-refractivity contribution in [2.45, 2.75) is 26.4 Å². The minimum Gasteiger partial charge on any atom is -0.388 e. The van der Waals surface area contributed by atoms with Gasteiger partial charge in [-0.15, -0.1) is 0 Å². The van der Waals surface area contributed by atoms with Crippen molar-refractivity contribution in [2.75, 3.05) is 31.1 Å². The maximum absolute atomic E-state index is 11.5. The summed E-state index contributed by atoms with van der Waals surface area (Å²) in [5.74, 6) is 0.797. The van der Waals surface area contributed by atoms with Gasteiger partial charge in [-0.05, 0) is 18.9 Å². The number of benzene rings is 1. The Balaban J connectivity index is 2.45. The Kier molecular flexibility index (Phi) is 8.65. The van der Waals surface area contributed by atoms with Crippen molar-refractivity contribution >= 4 is 15.8 Å². The molecule has 0 saturated heterocycles. The SMILES string of the molecule is CCNC(=NCCC(O)c1ccccc1)NCCS(=O)(=O)CC. The van der Waals surface area contributed by atoms with Crippen LogP contribution >= 0.6 is 0 Å². The lowest BCUT2D eigenvalue weighted by Crippen LogP contribution is -2.39. The third-order valence-corrected chi connectivity index (χ3v) is 5.05. The zero-order valence-electron chi connectivity index (χ0n) is 13.8. The second kappa shape index (κ2) is 10.2. The first-order valence-electron chi connectivity index (χ1n) is 7.94. The van der Waals surface area contributed by atoms with Crippen molar-refractivity contribution < 1.29 is 13.5 Å². The van der Waals surface area contributed by atoms with E-state index in [4.69, 9.17) is 0 Å². The fraction of sp³-hybridized carbons (Fsp3) is 0.562. The maximum Gasteiger partial charge on any atom is 0.191 e. The van der Waals surface area contributed by atoms with Crippen LogP contribution in [0.3, 0.4) is 0 Å². The zero-order valence-corrected chi connectivity index (χ0v) is 14.6. The fourth-order valence-electron chi connectivity index (χ4n) is 1.95. The Hall–Kier alpha value is -1.60. The van der Waals surface area contributed by atoms with E-state index in [1.165, 1.54) is 0 Å². The summed E-state index contributed by atoms with van der Waals surface area (Å²) in [6.45, 7) is 5.04. The van der Waals surface area contributed by atoms with Gasteiger partial charge in [-0.25, -0.2) is 8.42 Å². The van der Waals surface area contributed by atoms with Crippen molar-refractivity contribution in [2.24, 2.45) is 4.99 Å². The van der Waals surface area contributed by atoms with E-state index in [0.29, 0.717) is 32.0 Å². The van der Waals surface area contributed by atoms with Gasteiger partial charge < -0.3 is 15.7 Å². The van der Waals surface area contributed by atoms with Crippen LogP contribution in [0.25, 0.3) is 0 Å². The Labute approximate surface area is 138 Å². The summed E-state index contributed by atoms with van der Waals surface area (Å²) in [5, 5.41) is 16.2. The second-order valence-corrected chi connectivity index (χ2v) is 7.61. The second-order valence-electron chi connectivity index (χ2n) is 5.14. The van der Waals surface area contributed by atoms with E-state index in [2.05, 4.69) is 15.6 Å². The highest BCUT2D eigenvalue weighted by atomic mass is 32.2. The molecule has 1 aromatic rings. The average Bonchev–Trinajstić information content (AvgIpc) is 2.55. The molecule has 1 aromatic carbocycles. The lowest BCUT2D eigenvalue weighted by Gasteiger charge is -2.12. The van der Waals surface area contributed by atoms with Gasteiger partial charge in [-0.1, -0.05) is 37.3 Å². The number of sulfone groups is 1. The summed E-state index contributed by atoms with van der Waals surface area (Å²) in [6, 6.07) is 9.45. The Morgan fingerprint density at radius 3 is 2.52 bits per heavy atom. The molecule has 0 heterocycles. The molecule has 23 heavy (non-hydrogen) atoms. The molecule has 6 nitrogen and oxygen atoms in total. The summed E-state index contributed by atoms with van der Waals surface area (Å²) < 4.78 is 22.9. The van der Waals surface area contributed by atoms with E-state index in [0.717, 1.165) is 5.56 Å². The predicted molar refractivity (Wildman–Crippen MR) is 94.3 cm³/mol. The minimum absolute atomic E-state index is 0.0839. The zero-order chi connectivity index (χ0) is 17.1. The molecule has 1 unspecified atom stereocenters. The van der Waals surface area contributed by atoms with Crippen molar-refractivity contribution in [1.29, 1.82) is 0 Å². The normalized spacial score (nSPS) is 13.6. The van der Waals surface area contributed by atoms with Gasteiger partial charge in [0.2, 0.25) is 0 Å². The first-order chi connectivity index (χ1) is 11.0. The van der Waals surface area contributed by atoms with Gasteiger partial charge in [0.05, 0.1) is 11.9 Å². The van der Waals surface area contributed by atoms with Crippen LogP contribution in [-0.4, -0.2) is 50.6 Å². The van der Waals surface area contributed by atoms with Crippen LogP contribution in [-0.2, 0) is 9.84 Å². The molecule has 0 aromatic heterocycles. The minimum atomic E-state index is -2.99. The van der Waals surface area contributed by atoms with E-state index in [1.54, 1.807) is 6.92 Å². The lowest BCUT2D eigenvalue weighted by molar-refractivity contribution is 0.170. The molecule has 0 spiro atoms. The molecule has 0 saturated carbocycles. The summed E-state index contributed by atoms with van der Waals surface area (Å²) in [4.78, 5) is 4.36. The van der Waals surface area contributed by atoms with Crippen LogP contribution in [0.2, 0.25) is 0 Å². The highest BCUT2D eigenvalue weighted by Crippen LogP contribution is 2.15. The molecule has 3 N–H and O–H groups in total. The smallest absolute Gasteiger partial charge is 0.191 e. The Bertz CT molecular complexity index is 573. The van der Waals surface area contributed by atoms with Crippen LogP contribution in [0.15, 0.2) is 35.3 Å². The molecule has 0 bridgehead atoms. The van der Waals surface area contributed by atoms with Gasteiger partial charge in [0.25, 0.3) is 0 Å². The number of rotatable bonds is 9. The van der Waals surface area contributed by atoms with Crippen molar-refractivity contribution in [3.8, 4) is 0 Å². The number of hydrogen-bond acceptors (Lipinski definition) is 4. The van der Waals surface area contributed by atoms with E-state index >= 15 is 0 Å². The molecule has 0 radical (unpaired) electrons. The highest BCUT2D eigenvalue weighted by molar-refractivity contribution is 7.91. The largest absolute Gasteiger partial charge is 0.388 e. The summed E-state index contributed by atoms with van der Waals surface area (Å²) in [7, 11) is -2.99. The first kappa shape index (κ1) is 19.4. The first-order valence-corrected chi connectivity index (χ1v) is 9.76. The number of aliphatic imine (C=N–C) groups is 1. The molecule has 130 valence electrons. The van der Waals surface area contributed by atoms with Gasteiger partial charge >= 0.3 is 0 Å². The quantitative estimate of drug-likeness (QED) is 0.462. The van der Waals surface area contributed by atoms with Crippen LogP contribution in [0.5, 0.6) is 0 Å². The molecule has 0 aliphatic carbocycles. The number of nitrogens with zero attached hydrogens (tertiary/aromatic N) is 1. The predicted octanol–water partition coefficient (Wildman–Crippen LogP) is 1.10. The molecule has 1 rings (SSSR count). The van der Waals surface area contributed by atoms with Crippen molar-refractivity contribution in [1.82, 2.24) is 10.6 Å². The Morgan fingerprint density at radius 1 is 1.22 bits per heavy atom. The van der Waals surface area contributed by atoms with Gasteiger partial charge in [-0.3, -0.25) is 4.99 Å². The third-order valence-electron chi connectivity index (χ3n) is 3.35. The molecule has 0 aliphatic rings. The van der Waals surface area contributed by atoms with E-state index < -0.39 is 15.9 Å². The molecule has 0 fully saturated rings. The number of guanidine groups is 1. The van der Waals surface area contributed by atoms with Gasteiger partial charge in [0, 0.05) is 25.4 Å². The van der Waals surface area contributed by atoms with Crippen LogP contribution in [0.1, 0.15) is 31.9 Å². The number of aliphatic hydroxyl groups is 1. The summed E-state index contributed by atoms with van der Waals surface area (Å²) >= 11 is 0. The molecule has 0 aliphatic heterocycles. The average molecular weight is 341 g/mol. The van der Waals surface area contributed by atoms with E-state index in [9.17, 15) is 13.5 Å². The topological polar surface area (TPSA) is 90.8 Å². The number of aliphatic hydroxyl groups excluding tert-OH is 1. The standard InChI is InChI=1S/C16H27N3O3S/c1-3-17-16(19-12-13-23(21,22)4-2)18-11-10-15(20)14-8-6-5-7-9-14/h5-9,15,20H,3-4,10-13H2,1-2H3,(H2,17,18,19).